The van der Waals surface area contributed by atoms with Crippen molar-refractivity contribution in [1.29, 1.82) is 0 Å². The van der Waals surface area contributed by atoms with Gasteiger partial charge in [-0.3, -0.25) is 4.79 Å². The molecule has 23 heavy (non-hydrogen) atoms. The van der Waals surface area contributed by atoms with Crippen molar-refractivity contribution < 1.29 is 9.90 Å². The van der Waals surface area contributed by atoms with E-state index >= 15 is 0 Å². The zero-order valence-electron chi connectivity index (χ0n) is 12.9. The number of aryl methyl sites for hydroxylation is 2. The molecule has 2 heterocycles. The summed E-state index contributed by atoms with van der Waals surface area (Å²) in [5, 5.41) is 13.7. The van der Waals surface area contributed by atoms with E-state index in [0.717, 1.165) is 12.8 Å². The highest BCUT2D eigenvalue weighted by Crippen LogP contribution is 2.37. The second kappa shape index (κ2) is 5.37. The van der Waals surface area contributed by atoms with Crippen LogP contribution in [0.5, 0.6) is 0 Å². The molecule has 0 bridgehead atoms. The molecule has 0 spiro atoms. The molecule has 3 N–H and O–H groups in total. The van der Waals surface area contributed by atoms with Gasteiger partial charge in [0.15, 0.2) is 0 Å². The van der Waals surface area contributed by atoms with Crippen LogP contribution in [0.2, 0.25) is 0 Å². The first-order valence-corrected chi connectivity index (χ1v) is 8.16. The number of nitrogens with zero attached hydrogens (tertiary/aromatic N) is 3. The maximum absolute atomic E-state index is 11.6. The summed E-state index contributed by atoms with van der Waals surface area (Å²) in [5.74, 6) is -0.741. The van der Waals surface area contributed by atoms with E-state index in [4.69, 9.17) is 5.73 Å². The summed E-state index contributed by atoms with van der Waals surface area (Å²) in [6.45, 7) is 0.641. The summed E-state index contributed by atoms with van der Waals surface area (Å²) in [6, 6.07) is 6.63. The summed E-state index contributed by atoms with van der Waals surface area (Å²) in [7, 11) is 0. The van der Waals surface area contributed by atoms with Crippen LogP contribution in [0.15, 0.2) is 18.2 Å². The van der Waals surface area contributed by atoms with Crippen molar-refractivity contribution in [3.63, 3.8) is 0 Å². The van der Waals surface area contributed by atoms with Gasteiger partial charge in [0, 0.05) is 5.92 Å². The molecule has 1 aromatic heterocycles. The zero-order valence-corrected chi connectivity index (χ0v) is 12.9. The maximum atomic E-state index is 11.6. The Balaban J connectivity index is 1.69. The number of hydrogen-bond acceptors (Lipinski definition) is 4. The number of carbonyl (C=O) groups is 1. The molecule has 0 fully saturated rings. The van der Waals surface area contributed by atoms with Gasteiger partial charge in [-0.05, 0) is 48.8 Å². The van der Waals surface area contributed by atoms with Gasteiger partial charge in [-0.15, -0.1) is 5.10 Å². The number of aliphatic carboxylic acids is 1. The molecule has 4 rings (SSSR count). The minimum Gasteiger partial charge on any atom is -0.481 e. The summed E-state index contributed by atoms with van der Waals surface area (Å²) < 4.78 is 1.67. The standard InChI is InChI=1S/C17H20N4O2/c18-17-19-15-14(16(22)23)8-13(9-21(15)20-17)12-6-5-10-3-1-2-4-11(10)7-12/h5-7,13-14H,1-4,8-9H2,(H2,18,20)(H,22,23). The molecule has 0 amide bonds. The van der Waals surface area contributed by atoms with Crippen LogP contribution in [0.4, 0.5) is 5.95 Å². The van der Waals surface area contributed by atoms with E-state index in [2.05, 4.69) is 28.3 Å². The van der Waals surface area contributed by atoms with Crippen LogP contribution in [0.1, 0.15) is 53.6 Å². The number of nitrogen functional groups attached to an aromatic ring is 1. The van der Waals surface area contributed by atoms with Crippen LogP contribution in [0.3, 0.4) is 0 Å². The number of benzene rings is 1. The lowest BCUT2D eigenvalue weighted by atomic mass is 9.82. The number of nitrogens with two attached hydrogens (primary N) is 1. The van der Waals surface area contributed by atoms with Gasteiger partial charge in [-0.1, -0.05) is 18.2 Å². The van der Waals surface area contributed by atoms with Crippen LogP contribution in [-0.2, 0) is 24.2 Å². The number of carboxylic acid groups (broad SMARTS) is 1. The van der Waals surface area contributed by atoms with Gasteiger partial charge in [0.25, 0.3) is 0 Å². The van der Waals surface area contributed by atoms with Gasteiger partial charge in [-0.2, -0.15) is 4.98 Å². The monoisotopic (exact) mass is 312 g/mol. The molecule has 2 atom stereocenters. The zero-order chi connectivity index (χ0) is 16.0. The predicted octanol–water partition coefficient (Wildman–Crippen LogP) is 2.09. The maximum Gasteiger partial charge on any atom is 0.314 e. The molecule has 120 valence electrons. The van der Waals surface area contributed by atoms with Crippen molar-refractivity contribution in [3.05, 3.63) is 40.7 Å². The van der Waals surface area contributed by atoms with E-state index < -0.39 is 11.9 Å². The average Bonchev–Trinajstić information content (AvgIpc) is 2.93. The Hall–Kier alpha value is -2.37. The minimum absolute atomic E-state index is 0.136. The third-order valence-electron chi connectivity index (χ3n) is 5.08. The lowest BCUT2D eigenvalue weighted by molar-refractivity contribution is -0.139. The second-order valence-electron chi connectivity index (χ2n) is 6.57. The summed E-state index contributed by atoms with van der Waals surface area (Å²) in [6.07, 6.45) is 5.33. The SMILES string of the molecule is Nc1nc2n(n1)CC(c1ccc3c(c1)CCCC3)CC2C(=O)O. The van der Waals surface area contributed by atoms with Gasteiger partial charge < -0.3 is 10.8 Å². The number of anilines is 1. The molecule has 6 nitrogen and oxygen atoms in total. The van der Waals surface area contributed by atoms with Crippen LogP contribution < -0.4 is 5.73 Å². The Kier molecular flexibility index (Phi) is 3.32. The van der Waals surface area contributed by atoms with Gasteiger partial charge >= 0.3 is 5.97 Å². The van der Waals surface area contributed by atoms with Crippen LogP contribution in [-0.4, -0.2) is 25.8 Å². The van der Waals surface area contributed by atoms with Crippen molar-refractivity contribution in [1.82, 2.24) is 14.8 Å². The molecule has 0 radical (unpaired) electrons. The number of carboxylic acids is 1. The molecule has 6 heteroatoms. The van der Waals surface area contributed by atoms with Crippen molar-refractivity contribution in [2.24, 2.45) is 0 Å². The molecule has 2 aromatic rings. The van der Waals surface area contributed by atoms with E-state index in [1.54, 1.807) is 4.68 Å². The van der Waals surface area contributed by atoms with Crippen LogP contribution in [0.25, 0.3) is 0 Å². The fourth-order valence-electron chi connectivity index (χ4n) is 3.90. The Labute approximate surface area is 134 Å². The molecular formula is C17H20N4O2. The van der Waals surface area contributed by atoms with Gasteiger partial charge in [-0.25, -0.2) is 4.68 Å². The van der Waals surface area contributed by atoms with Crippen molar-refractivity contribution >= 4 is 11.9 Å². The first-order valence-electron chi connectivity index (χ1n) is 8.16. The van der Waals surface area contributed by atoms with Crippen molar-refractivity contribution in [3.8, 4) is 0 Å². The smallest absolute Gasteiger partial charge is 0.314 e. The van der Waals surface area contributed by atoms with E-state index in [1.165, 1.54) is 29.5 Å². The fraction of sp³-hybridized carbons (Fsp3) is 0.471. The Morgan fingerprint density at radius 1 is 1.26 bits per heavy atom. The molecule has 2 unspecified atom stereocenters. The Morgan fingerprint density at radius 3 is 2.83 bits per heavy atom. The average molecular weight is 312 g/mol. The highest BCUT2D eigenvalue weighted by molar-refractivity contribution is 5.75. The first kappa shape index (κ1) is 14.2. The third-order valence-corrected chi connectivity index (χ3v) is 5.08. The van der Waals surface area contributed by atoms with E-state index in [-0.39, 0.29) is 11.9 Å². The minimum atomic E-state index is -0.860. The fourth-order valence-corrected chi connectivity index (χ4v) is 3.90. The molecular weight excluding hydrogens is 292 g/mol. The molecule has 0 saturated carbocycles. The molecule has 1 aliphatic heterocycles. The largest absolute Gasteiger partial charge is 0.481 e. The van der Waals surface area contributed by atoms with E-state index in [1.807, 2.05) is 0 Å². The highest BCUT2D eigenvalue weighted by atomic mass is 16.4. The molecule has 1 aliphatic carbocycles. The van der Waals surface area contributed by atoms with Crippen molar-refractivity contribution in [2.75, 3.05) is 5.73 Å². The topological polar surface area (TPSA) is 94.0 Å². The molecule has 2 aliphatic rings. The van der Waals surface area contributed by atoms with E-state index in [0.29, 0.717) is 18.8 Å². The molecule has 0 saturated heterocycles. The second-order valence-corrected chi connectivity index (χ2v) is 6.57. The number of hydrogen-bond donors (Lipinski definition) is 2. The first-order chi connectivity index (χ1) is 11.1. The number of rotatable bonds is 2. The third kappa shape index (κ3) is 2.48. The Morgan fingerprint density at radius 2 is 2.04 bits per heavy atom. The quantitative estimate of drug-likeness (QED) is 0.885. The highest BCUT2D eigenvalue weighted by Gasteiger charge is 2.35. The van der Waals surface area contributed by atoms with Crippen LogP contribution >= 0.6 is 0 Å². The lowest BCUT2D eigenvalue weighted by Gasteiger charge is -2.28. The lowest BCUT2D eigenvalue weighted by Crippen LogP contribution is -2.28. The summed E-state index contributed by atoms with van der Waals surface area (Å²) in [5.41, 5.74) is 9.73. The van der Waals surface area contributed by atoms with Gasteiger partial charge in [0.05, 0.1) is 6.54 Å². The Bertz CT molecular complexity index is 768. The van der Waals surface area contributed by atoms with E-state index in [9.17, 15) is 9.90 Å². The summed E-state index contributed by atoms with van der Waals surface area (Å²) in [4.78, 5) is 15.7. The summed E-state index contributed by atoms with van der Waals surface area (Å²) >= 11 is 0. The van der Waals surface area contributed by atoms with Crippen LogP contribution in [0, 0.1) is 0 Å². The predicted molar refractivity (Wildman–Crippen MR) is 85.3 cm³/mol. The van der Waals surface area contributed by atoms with Crippen molar-refractivity contribution in [2.45, 2.75) is 50.5 Å². The molecule has 1 aromatic carbocycles. The number of fused-ring (bicyclic) bond motifs is 2. The van der Waals surface area contributed by atoms with Gasteiger partial charge in [0.2, 0.25) is 5.95 Å². The number of aromatic nitrogens is 3. The van der Waals surface area contributed by atoms with Gasteiger partial charge in [0.1, 0.15) is 11.7 Å². The normalized spacial score (nSPS) is 23.1.